The van der Waals surface area contributed by atoms with Crippen LogP contribution in [0, 0.1) is 0 Å². The van der Waals surface area contributed by atoms with E-state index in [1.165, 1.54) is 4.90 Å². The highest BCUT2D eigenvalue weighted by Crippen LogP contribution is 2.42. The molecule has 1 atom stereocenters. The third kappa shape index (κ3) is 4.50. The molecule has 7 nitrogen and oxygen atoms in total. The van der Waals surface area contributed by atoms with Crippen LogP contribution >= 0.6 is 0 Å². The van der Waals surface area contributed by atoms with Gasteiger partial charge in [-0.15, -0.1) is 0 Å². The van der Waals surface area contributed by atoms with Crippen molar-refractivity contribution >= 4 is 23.3 Å². The molecule has 3 aromatic rings. The van der Waals surface area contributed by atoms with Crippen molar-refractivity contribution in [2.75, 3.05) is 11.5 Å². The highest BCUT2D eigenvalue weighted by molar-refractivity contribution is 6.51. The number of carbonyl (C=O) groups is 2. The number of amides is 1. The average Bonchev–Trinajstić information content (AvgIpc) is 3.10. The van der Waals surface area contributed by atoms with Crippen molar-refractivity contribution in [3.8, 4) is 11.5 Å². The first-order chi connectivity index (χ1) is 16.4. The van der Waals surface area contributed by atoms with Crippen LogP contribution < -0.4 is 14.4 Å². The van der Waals surface area contributed by atoms with Gasteiger partial charge in [-0.05, 0) is 74.9 Å². The van der Waals surface area contributed by atoms with E-state index >= 15 is 0 Å². The molecule has 1 fully saturated rings. The second-order valence-corrected chi connectivity index (χ2v) is 8.05. The number of aliphatic hydroxyl groups is 1. The van der Waals surface area contributed by atoms with Crippen molar-refractivity contribution in [3.05, 3.63) is 89.6 Å². The first-order valence-electron chi connectivity index (χ1n) is 11.1. The molecular formula is C27H26N2O5. The number of ketones is 1. The van der Waals surface area contributed by atoms with Crippen LogP contribution in [-0.2, 0) is 9.59 Å². The van der Waals surface area contributed by atoms with Gasteiger partial charge in [0, 0.05) is 11.8 Å². The van der Waals surface area contributed by atoms with Crippen molar-refractivity contribution in [2.24, 2.45) is 0 Å². The maximum absolute atomic E-state index is 13.2. The van der Waals surface area contributed by atoms with E-state index in [1.807, 2.05) is 20.8 Å². The zero-order valence-corrected chi connectivity index (χ0v) is 19.3. The van der Waals surface area contributed by atoms with Crippen LogP contribution in [0.5, 0.6) is 11.5 Å². The molecule has 0 saturated carbocycles. The Bertz CT molecular complexity index is 1200. The van der Waals surface area contributed by atoms with Gasteiger partial charge in [-0.3, -0.25) is 14.5 Å². The number of carbonyl (C=O) groups excluding carboxylic acids is 2. The Morgan fingerprint density at radius 1 is 1.00 bits per heavy atom. The van der Waals surface area contributed by atoms with Gasteiger partial charge in [0.1, 0.15) is 23.1 Å². The van der Waals surface area contributed by atoms with Crippen LogP contribution in [0.25, 0.3) is 5.76 Å². The monoisotopic (exact) mass is 458 g/mol. The van der Waals surface area contributed by atoms with E-state index < -0.39 is 17.7 Å². The average molecular weight is 459 g/mol. The number of ether oxygens (including phenoxy) is 2. The molecule has 1 saturated heterocycles. The maximum Gasteiger partial charge on any atom is 0.301 e. The fourth-order valence-electron chi connectivity index (χ4n) is 3.91. The Morgan fingerprint density at radius 3 is 2.26 bits per heavy atom. The van der Waals surface area contributed by atoms with E-state index in [-0.39, 0.29) is 17.4 Å². The Morgan fingerprint density at radius 2 is 1.68 bits per heavy atom. The van der Waals surface area contributed by atoms with Gasteiger partial charge >= 0.3 is 5.91 Å². The van der Waals surface area contributed by atoms with Crippen molar-refractivity contribution in [3.63, 3.8) is 0 Å². The molecule has 4 rings (SSSR count). The molecule has 0 spiro atoms. The van der Waals surface area contributed by atoms with E-state index in [4.69, 9.17) is 9.47 Å². The summed E-state index contributed by atoms with van der Waals surface area (Å²) in [4.78, 5) is 31.9. The molecule has 174 valence electrons. The van der Waals surface area contributed by atoms with Crippen LogP contribution in [0.1, 0.15) is 37.9 Å². The molecule has 1 aromatic heterocycles. The number of benzene rings is 2. The summed E-state index contributed by atoms with van der Waals surface area (Å²) in [6.45, 7) is 6.25. The Balaban J connectivity index is 1.83. The molecule has 1 N–H and O–H groups in total. The molecule has 1 aliphatic heterocycles. The molecule has 2 heterocycles. The fourth-order valence-corrected chi connectivity index (χ4v) is 3.91. The summed E-state index contributed by atoms with van der Waals surface area (Å²) in [5, 5.41) is 11.2. The number of rotatable bonds is 7. The van der Waals surface area contributed by atoms with Crippen molar-refractivity contribution in [2.45, 2.75) is 32.9 Å². The quantitative estimate of drug-likeness (QED) is 0.308. The summed E-state index contributed by atoms with van der Waals surface area (Å²) >= 11 is 0. The summed E-state index contributed by atoms with van der Waals surface area (Å²) in [7, 11) is 0. The standard InChI is InChI=1S/C27H26N2O5/c1-4-33-20-12-8-18(9-13-20)24-23(25(30)19-10-14-21(15-11-19)34-17(2)3)26(31)27(32)29(24)22-7-5-6-16-28-22/h5-17,24,30H,4H2,1-3H3/t24-/m0/s1. The third-order valence-corrected chi connectivity index (χ3v) is 5.35. The highest BCUT2D eigenvalue weighted by atomic mass is 16.5. The van der Waals surface area contributed by atoms with Gasteiger partial charge in [0.2, 0.25) is 0 Å². The van der Waals surface area contributed by atoms with Crippen LogP contribution in [0.15, 0.2) is 78.5 Å². The molecule has 0 unspecified atom stereocenters. The molecule has 0 aliphatic carbocycles. The van der Waals surface area contributed by atoms with Crippen LogP contribution in [0.2, 0.25) is 0 Å². The van der Waals surface area contributed by atoms with E-state index in [0.29, 0.717) is 35.1 Å². The van der Waals surface area contributed by atoms with Crippen molar-refractivity contribution in [1.82, 2.24) is 4.98 Å². The van der Waals surface area contributed by atoms with Gasteiger partial charge in [0.05, 0.1) is 24.3 Å². The summed E-state index contributed by atoms with van der Waals surface area (Å²) in [6, 6.07) is 18.2. The predicted octanol–water partition coefficient (Wildman–Crippen LogP) is 4.89. The van der Waals surface area contributed by atoms with Crippen LogP contribution in [-0.4, -0.2) is 34.5 Å². The Kier molecular flexibility index (Phi) is 6.63. The van der Waals surface area contributed by atoms with Gasteiger partial charge in [-0.2, -0.15) is 0 Å². The Hall–Kier alpha value is -4.13. The second kappa shape index (κ2) is 9.79. The molecular weight excluding hydrogens is 432 g/mol. The first kappa shape index (κ1) is 23.0. The van der Waals surface area contributed by atoms with Crippen LogP contribution in [0.3, 0.4) is 0 Å². The van der Waals surface area contributed by atoms with Gasteiger partial charge in [0.15, 0.2) is 0 Å². The van der Waals surface area contributed by atoms with E-state index in [0.717, 1.165) is 0 Å². The molecule has 0 radical (unpaired) electrons. The SMILES string of the molecule is CCOc1ccc([C@H]2C(=C(O)c3ccc(OC(C)C)cc3)C(=O)C(=O)N2c2ccccn2)cc1. The van der Waals surface area contributed by atoms with Gasteiger partial charge in [-0.1, -0.05) is 18.2 Å². The van der Waals surface area contributed by atoms with E-state index in [9.17, 15) is 14.7 Å². The molecule has 1 amide bonds. The minimum atomic E-state index is -0.850. The van der Waals surface area contributed by atoms with Crippen molar-refractivity contribution < 1.29 is 24.2 Å². The summed E-state index contributed by atoms with van der Waals surface area (Å²) < 4.78 is 11.2. The molecule has 34 heavy (non-hydrogen) atoms. The lowest BCUT2D eigenvalue weighted by Crippen LogP contribution is -2.30. The maximum atomic E-state index is 13.2. The van der Waals surface area contributed by atoms with Crippen molar-refractivity contribution in [1.29, 1.82) is 0 Å². The molecule has 7 heteroatoms. The minimum Gasteiger partial charge on any atom is -0.507 e. The number of hydrogen-bond acceptors (Lipinski definition) is 6. The van der Waals surface area contributed by atoms with E-state index in [1.54, 1.807) is 72.9 Å². The number of nitrogens with zero attached hydrogens (tertiary/aromatic N) is 2. The topological polar surface area (TPSA) is 89.0 Å². The zero-order valence-electron chi connectivity index (χ0n) is 19.3. The smallest absolute Gasteiger partial charge is 0.301 e. The van der Waals surface area contributed by atoms with Gasteiger partial charge in [-0.25, -0.2) is 4.98 Å². The minimum absolute atomic E-state index is 0.00246. The number of aromatic nitrogens is 1. The number of anilines is 1. The number of hydrogen-bond donors (Lipinski definition) is 1. The normalized spacial score (nSPS) is 17.3. The molecule has 0 bridgehead atoms. The van der Waals surface area contributed by atoms with Gasteiger partial charge in [0.25, 0.3) is 5.78 Å². The summed E-state index contributed by atoms with van der Waals surface area (Å²) in [6.07, 6.45) is 1.56. The van der Waals surface area contributed by atoms with E-state index in [2.05, 4.69) is 4.98 Å². The molecule has 1 aliphatic rings. The number of pyridine rings is 1. The highest BCUT2D eigenvalue weighted by Gasteiger charge is 2.47. The second-order valence-electron chi connectivity index (χ2n) is 8.05. The summed E-state index contributed by atoms with van der Waals surface area (Å²) in [5.41, 5.74) is 1.05. The lowest BCUT2D eigenvalue weighted by Gasteiger charge is -2.24. The summed E-state index contributed by atoms with van der Waals surface area (Å²) in [5.74, 6) is -0.149. The zero-order chi connectivity index (χ0) is 24.2. The largest absolute Gasteiger partial charge is 0.507 e. The third-order valence-electron chi connectivity index (χ3n) is 5.35. The van der Waals surface area contributed by atoms with Crippen LogP contribution in [0.4, 0.5) is 5.82 Å². The molecule has 2 aromatic carbocycles. The fraction of sp³-hybridized carbons (Fsp3) is 0.222. The first-order valence-corrected chi connectivity index (χ1v) is 11.1. The number of aliphatic hydroxyl groups excluding tert-OH is 1. The van der Waals surface area contributed by atoms with Gasteiger partial charge < -0.3 is 14.6 Å². The lowest BCUT2D eigenvalue weighted by atomic mass is 9.95. The lowest BCUT2D eigenvalue weighted by molar-refractivity contribution is -0.132. The Labute approximate surface area is 198 Å². The number of Topliss-reactive ketones (excluding diaryl/α,β-unsaturated/α-hetero) is 1. The predicted molar refractivity (Wildman–Crippen MR) is 129 cm³/mol.